The zero-order chi connectivity index (χ0) is 12.8. The van der Waals surface area contributed by atoms with Crippen molar-refractivity contribution in [3.8, 4) is 0 Å². The molecule has 0 bridgehead atoms. The predicted molar refractivity (Wildman–Crippen MR) is 68.3 cm³/mol. The van der Waals surface area contributed by atoms with Crippen LogP contribution in [-0.4, -0.2) is 73.2 Å². The summed E-state index contributed by atoms with van der Waals surface area (Å²) in [5, 5.41) is 3.37. The lowest BCUT2D eigenvalue weighted by molar-refractivity contribution is -0.158. The number of carbonyl (C=O) groups excluding carboxylic acids is 1. The third kappa shape index (κ3) is 1.85. The first-order valence-corrected chi connectivity index (χ1v) is 6.96. The Hall–Kier alpha value is -0.650. The molecule has 1 N–H and O–H groups in total. The van der Waals surface area contributed by atoms with E-state index in [2.05, 4.69) is 15.1 Å². The molecule has 3 aliphatic rings. The fourth-order valence-electron chi connectivity index (χ4n) is 3.46. The van der Waals surface area contributed by atoms with E-state index in [4.69, 9.17) is 4.74 Å². The maximum Gasteiger partial charge on any atom is 0.225 e. The molecular formula is C13H23N3O2. The van der Waals surface area contributed by atoms with Crippen molar-refractivity contribution in [3.05, 3.63) is 0 Å². The number of hydrogen-bond donors (Lipinski definition) is 1. The second-order valence-corrected chi connectivity index (χ2v) is 6.12. The summed E-state index contributed by atoms with van der Waals surface area (Å²) in [6.07, 6.45) is 0. The number of hydrogen-bond acceptors (Lipinski definition) is 4. The van der Waals surface area contributed by atoms with Gasteiger partial charge in [-0.05, 0) is 0 Å². The fourth-order valence-corrected chi connectivity index (χ4v) is 3.46. The van der Waals surface area contributed by atoms with Crippen molar-refractivity contribution >= 4 is 5.91 Å². The summed E-state index contributed by atoms with van der Waals surface area (Å²) in [5.41, 5.74) is 0.178. The molecule has 5 heteroatoms. The summed E-state index contributed by atoms with van der Waals surface area (Å²) in [6, 6.07) is 0.386. The second kappa shape index (κ2) is 4.47. The van der Waals surface area contributed by atoms with Crippen LogP contribution in [0.15, 0.2) is 0 Å². The van der Waals surface area contributed by atoms with Crippen LogP contribution < -0.4 is 5.32 Å². The van der Waals surface area contributed by atoms with E-state index < -0.39 is 0 Å². The molecular weight excluding hydrogens is 230 g/mol. The van der Waals surface area contributed by atoms with E-state index in [1.165, 1.54) is 0 Å². The number of carbonyl (C=O) groups is 1. The summed E-state index contributed by atoms with van der Waals surface area (Å²) in [7, 11) is 0. The van der Waals surface area contributed by atoms with Gasteiger partial charge < -0.3 is 15.0 Å². The Labute approximate surface area is 108 Å². The normalized spacial score (nSPS) is 31.3. The Morgan fingerprint density at radius 1 is 1.44 bits per heavy atom. The van der Waals surface area contributed by atoms with E-state index >= 15 is 0 Å². The van der Waals surface area contributed by atoms with Gasteiger partial charge in [0.2, 0.25) is 5.91 Å². The number of amides is 1. The highest BCUT2D eigenvalue weighted by molar-refractivity contribution is 5.78. The fraction of sp³-hybridized carbons (Fsp3) is 0.923. The molecule has 1 amide bonds. The summed E-state index contributed by atoms with van der Waals surface area (Å²) in [4.78, 5) is 16.9. The zero-order valence-corrected chi connectivity index (χ0v) is 11.3. The van der Waals surface area contributed by atoms with Gasteiger partial charge in [-0.15, -0.1) is 0 Å². The van der Waals surface area contributed by atoms with Crippen LogP contribution in [0.3, 0.4) is 0 Å². The van der Waals surface area contributed by atoms with Gasteiger partial charge in [-0.2, -0.15) is 0 Å². The highest BCUT2D eigenvalue weighted by Crippen LogP contribution is 2.31. The van der Waals surface area contributed by atoms with Crippen LogP contribution in [0.2, 0.25) is 0 Å². The molecule has 5 nitrogen and oxygen atoms in total. The number of morpholine rings is 1. The molecule has 0 unspecified atom stereocenters. The van der Waals surface area contributed by atoms with Crippen molar-refractivity contribution in [1.29, 1.82) is 0 Å². The Bertz CT molecular complexity index is 341. The van der Waals surface area contributed by atoms with Crippen LogP contribution in [0.4, 0.5) is 0 Å². The van der Waals surface area contributed by atoms with Gasteiger partial charge in [0.1, 0.15) is 0 Å². The van der Waals surface area contributed by atoms with Crippen molar-refractivity contribution < 1.29 is 9.53 Å². The van der Waals surface area contributed by atoms with Gasteiger partial charge in [0.25, 0.3) is 0 Å². The molecule has 3 heterocycles. The first kappa shape index (κ1) is 12.4. The molecule has 0 aromatic carbocycles. The molecule has 1 spiro atoms. The Morgan fingerprint density at radius 3 is 2.83 bits per heavy atom. The average molecular weight is 253 g/mol. The molecule has 0 aromatic rings. The van der Waals surface area contributed by atoms with Crippen LogP contribution in [0.25, 0.3) is 0 Å². The van der Waals surface area contributed by atoms with E-state index in [-0.39, 0.29) is 17.4 Å². The van der Waals surface area contributed by atoms with E-state index in [0.29, 0.717) is 6.04 Å². The molecule has 0 aromatic heterocycles. The molecule has 3 saturated heterocycles. The van der Waals surface area contributed by atoms with E-state index in [1.54, 1.807) is 0 Å². The van der Waals surface area contributed by atoms with Crippen molar-refractivity contribution in [2.45, 2.75) is 25.4 Å². The van der Waals surface area contributed by atoms with Crippen LogP contribution in [0.5, 0.6) is 0 Å². The first-order valence-electron chi connectivity index (χ1n) is 6.96. The minimum Gasteiger partial charge on any atom is -0.378 e. The Balaban J connectivity index is 1.79. The summed E-state index contributed by atoms with van der Waals surface area (Å²) < 4.78 is 5.59. The minimum atomic E-state index is 0.0890. The zero-order valence-electron chi connectivity index (χ0n) is 11.3. The Kier molecular flexibility index (Phi) is 3.08. The lowest BCUT2D eigenvalue weighted by Crippen LogP contribution is -2.80. The standard InChI is InChI=1S/C13H23N3O2/c1-10(2)12(17)15-5-11-6-18-4-3-16(11)13(9-15)7-14-8-13/h10-11,14H,3-9H2,1-2H3/t11-/m1/s1. The number of piperazine rings is 1. The second-order valence-electron chi connectivity index (χ2n) is 6.12. The predicted octanol–water partition coefficient (Wildman–Crippen LogP) is -0.473. The van der Waals surface area contributed by atoms with Gasteiger partial charge in [0.15, 0.2) is 0 Å². The topological polar surface area (TPSA) is 44.8 Å². The maximum atomic E-state index is 12.2. The van der Waals surface area contributed by atoms with E-state index in [1.807, 2.05) is 13.8 Å². The number of nitrogens with one attached hydrogen (secondary N) is 1. The third-order valence-corrected chi connectivity index (χ3v) is 4.47. The lowest BCUT2D eigenvalue weighted by atomic mass is 9.84. The van der Waals surface area contributed by atoms with Crippen LogP contribution in [0, 0.1) is 5.92 Å². The molecule has 3 fully saturated rings. The molecule has 18 heavy (non-hydrogen) atoms. The lowest BCUT2D eigenvalue weighted by Gasteiger charge is -2.60. The summed E-state index contributed by atoms with van der Waals surface area (Å²) in [6.45, 7) is 10.3. The molecule has 0 aliphatic carbocycles. The van der Waals surface area contributed by atoms with Crippen LogP contribution in [-0.2, 0) is 9.53 Å². The van der Waals surface area contributed by atoms with E-state index in [0.717, 1.165) is 45.9 Å². The number of ether oxygens (including phenoxy) is 1. The number of fused-ring (bicyclic) bond motifs is 2. The highest BCUT2D eigenvalue weighted by atomic mass is 16.5. The van der Waals surface area contributed by atoms with Gasteiger partial charge in [-0.1, -0.05) is 13.8 Å². The van der Waals surface area contributed by atoms with Crippen molar-refractivity contribution in [1.82, 2.24) is 15.1 Å². The van der Waals surface area contributed by atoms with Gasteiger partial charge in [-0.25, -0.2) is 0 Å². The number of nitrogens with zero attached hydrogens (tertiary/aromatic N) is 2. The van der Waals surface area contributed by atoms with Crippen LogP contribution >= 0.6 is 0 Å². The van der Waals surface area contributed by atoms with Gasteiger partial charge in [0.05, 0.1) is 24.8 Å². The summed E-state index contributed by atoms with van der Waals surface area (Å²) >= 11 is 0. The quantitative estimate of drug-likeness (QED) is 0.686. The molecule has 3 aliphatic heterocycles. The molecule has 3 rings (SSSR count). The Morgan fingerprint density at radius 2 is 2.22 bits per heavy atom. The first-order chi connectivity index (χ1) is 8.62. The average Bonchev–Trinajstić information content (AvgIpc) is 2.34. The molecule has 1 atom stereocenters. The van der Waals surface area contributed by atoms with Crippen LogP contribution in [0.1, 0.15) is 13.8 Å². The van der Waals surface area contributed by atoms with Crippen molar-refractivity contribution in [3.63, 3.8) is 0 Å². The smallest absolute Gasteiger partial charge is 0.225 e. The maximum absolute atomic E-state index is 12.2. The van der Waals surface area contributed by atoms with Gasteiger partial charge in [-0.3, -0.25) is 9.69 Å². The van der Waals surface area contributed by atoms with Crippen molar-refractivity contribution in [2.24, 2.45) is 5.92 Å². The van der Waals surface area contributed by atoms with Gasteiger partial charge >= 0.3 is 0 Å². The third-order valence-electron chi connectivity index (χ3n) is 4.47. The van der Waals surface area contributed by atoms with Gasteiger partial charge in [0, 0.05) is 38.6 Å². The largest absolute Gasteiger partial charge is 0.378 e. The highest BCUT2D eigenvalue weighted by Gasteiger charge is 2.51. The SMILES string of the molecule is CC(C)C(=O)N1C[C@@H]2COCCN2C2(CNC2)C1. The van der Waals surface area contributed by atoms with E-state index in [9.17, 15) is 4.79 Å². The number of rotatable bonds is 1. The monoisotopic (exact) mass is 253 g/mol. The minimum absolute atomic E-state index is 0.0890. The van der Waals surface area contributed by atoms with Crippen molar-refractivity contribution in [2.75, 3.05) is 45.9 Å². The summed E-state index contributed by atoms with van der Waals surface area (Å²) in [5.74, 6) is 0.373. The molecule has 102 valence electrons. The molecule has 0 radical (unpaired) electrons. The molecule has 0 saturated carbocycles.